The molecule has 0 bridgehead atoms. The molecular weight excluding hydrogens is 374 g/mol. The molecule has 0 aromatic heterocycles. The van der Waals surface area contributed by atoms with Gasteiger partial charge < -0.3 is 9.64 Å². The second-order valence-electron chi connectivity index (χ2n) is 7.84. The third kappa shape index (κ3) is 3.77. The molecule has 0 unspecified atom stereocenters. The van der Waals surface area contributed by atoms with E-state index in [1.165, 1.54) is 33.5 Å². The van der Waals surface area contributed by atoms with Crippen LogP contribution in [0, 0.1) is 16.0 Å². The monoisotopic (exact) mass is 397 g/mol. The average molecular weight is 397 g/mol. The largest absolute Gasteiger partial charge is 0.444 e. The van der Waals surface area contributed by atoms with Crippen LogP contribution in [0.1, 0.15) is 27.2 Å². The molecule has 2 saturated heterocycles. The van der Waals surface area contributed by atoms with Crippen molar-refractivity contribution in [2.24, 2.45) is 5.92 Å². The molecule has 2 atom stereocenters. The lowest BCUT2D eigenvalue weighted by Gasteiger charge is -2.51. The molecular formula is C17H23N3O6S. The van der Waals surface area contributed by atoms with Gasteiger partial charge in [-0.1, -0.05) is 12.1 Å². The third-order valence-corrected chi connectivity index (χ3v) is 6.74. The number of carbonyl (C=O) groups is 1. The maximum absolute atomic E-state index is 13.0. The molecule has 0 saturated carbocycles. The summed E-state index contributed by atoms with van der Waals surface area (Å²) in [7, 11) is -4.02. The fourth-order valence-electron chi connectivity index (χ4n) is 3.47. The number of nitrogens with zero attached hydrogens (tertiary/aromatic N) is 3. The molecule has 0 aliphatic carbocycles. The summed E-state index contributed by atoms with van der Waals surface area (Å²) in [6.07, 6.45) is 0.197. The van der Waals surface area contributed by atoms with Crippen LogP contribution < -0.4 is 0 Å². The Bertz CT molecular complexity index is 864. The summed E-state index contributed by atoms with van der Waals surface area (Å²) >= 11 is 0. The number of amides is 1. The Morgan fingerprint density at radius 2 is 1.93 bits per heavy atom. The highest BCUT2D eigenvalue weighted by Gasteiger charge is 2.50. The van der Waals surface area contributed by atoms with Gasteiger partial charge in [0.15, 0.2) is 4.90 Å². The number of hydrogen-bond acceptors (Lipinski definition) is 6. The molecule has 148 valence electrons. The molecule has 1 aromatic rings. The van der Waals surface area contributed by atoms with Gasteiger partial charge in [-0.05, 0) is 39.2 Å². The fraction of sp³-hybridized carbons (Fsp3) is 0.588. The Morgan fingerprint density at radius 3 is 2.56 bits per heavy atom. The Balaban J connectivity index is 1.80. The highest BCUT2D eigenvalue weighted by molar-refractivity contribution is 7.89. The molecule has 27 heavy (non-hydrogen) atoms. The summed E-state index contributed by atoms with van der Waals surface area (Å²) < 4.78 is 32.6. The van der Waals surface area contributed by atoms with Crippen LogP contribution in [0.5, 0.6) is 0 Å². The number of ether oxygens (including phenoxy) is 1. The molecule has 3 rings (SSSR count). The van der Waals surface area contributed by atoms with Gasteiger partial charge in [-0.2, -0.15) is 4.31 Å². The molecule has 2 fully saturated rings. The molecule has 1 aromatic carbocycles. The van der Waals surface area contributed by atoms with Crippen LogP contribution in [0.4, 0.5) is 10.5 Å². The number of rotatable bonds is 3. The van der Waals surface area contributed by atoms with Crippen molar-refractivity contribution >= 4 is 21.8 Å². The lowest BCUT2D eigenvalue weighted by molar-refractivity contribution is -0.387. The number of hydrogen-bond donors (Lipinski definition) is 0. The van der Waals surface area contributed by atoms with E-state index >= 15 is 0 Å². The summed E-state index contributed by atoms with van der Waals surface area (Å²) in [6.45, 7) is 6.35. The van der Waals surface area contributed by atoms with Gasteiger partial charge in [0.2, 0.25) is 10.0 Å². The van der Waals surface area contributed by atoms with Crippen molar-refractivity contribution in [2.75, 3.05) is 19.6 Å². The van der Waals surface area contributed by atoms with Gasteiger partial charge in [-0.3, -0.25) is 10.1 Å². The topological polar surface area (TPSA) is 110 Å². The van der Waals surface area contributed by atoms with Crippen molar-refractivity contribution in [1.82, 2.24) is 9.21 Å². The Kier molecular flexibility index (Phi) is 4.89. The van der Waals surface area contributed by atoms with E-state index < -0.39 is 38.4 Å². The van der Waals surface area contributed by atoms with E-state index in [0.717, 1.165) is 0 Å². The van der Waals surface area contributed by atoms with Crippen molar-refractivity contribution < 1.29 is 22.9 Å². The first-order valence-corrected chi connectivity index (χ1v) is 10.2. The number of nitro benzene ring substituents is 1. The van der Waals surface area contributed by atoms with Crippen molar-refractivity contribution in [3.63, 3.8) is 0 Å². The zero-order valence-corrected chi connectivity index (χ0v) is 16.3. The molecule has 0 radical (unpaired) electrons. The first-order valence-electron chi connectivity index (χ1n) is 8.74. The quantitative estimate of drug-likeness (QED) is 0.571. The van der Waals surface area contributed by atoms with Gasteiger partial charge in [0.05, 0.1) is 4.92 Å². The van der Waals surface area contributed by atoms with E-state index in [-0.39, 0.29) is 17.4 Å². The predicted molar refractivity (Wildman–Crippen MR) is 96.7 cm³/mol. The molecule has 2 heterocycles. The van der Waals surface area contributed by atoms with E-state index in [0.29, 0.717) is 19.5 Å². The Hall–Kier alpha value is -2.20. The van der Waals surface area contributed by atoms with E-state index in [2.05, 4.69) is 0 Å². The zero-order chi connectivity index (χ0) is 20.0. The second kappa shape index (κ2) is 6.75. The summed E-state index contributed by atoms with van der Waals surface area (Å²) in [6, 6.07) is 4.93. The van der Waals surface area contributed by atoms with Crippen LogP contribution in [0.3, 0.4) is 0 Å². The molecule has 10 heteroatoms. The molecule has 0 spiro atoms. The normalized spacial score (nSPS) is 23.3. The van der Waals surface area contributed by atoms with E-state index in [9.17, 15) is 23.3 Å². The van der Waals surface area contributed by atoms with E-state index in [4.69, 9.17) is 4.74 Å². The van der Waals surface area contributed by atoms with Crippen LogP contribution in [-0.2, 0) is 14.8 Å². The van der Waals surface area contributed by atoms with Crippen LogP contribution in [0.25, 0.3) is 0 Å². The highest BCUT2D eigenvalue weighted by atomic mass is 32.2. The number of carbonyl (C=O) groups excluding carboxylic acids is 1. The lowest BCUT2D eigenvalue weighted by atomic mass is 9.85. The van der Waals surface area contributed by atoms with Gasteiger partial charge >= 0.3 is 6.09 Å². The van der Waals surface area contributed by atoms with Crippen LogP contribution in [-0.4, -0.2) is 59.9 Å². The van der Waals surface area contributed by atoms with Gasteiger partial charge in [0.25, 0.3) is 5.69 Å². The lowest BCUT2D eigenvalue weighted by Crippen LogP contribution is -2.66. The average Bonchev–Trinajstić information content (AvgIpc) is 2.54. The summed E-state index contributed by atoms with van der Waals surface area (Å²) in [5, 5.41) is 11.2. The van der Waals surface area contributed by atoms with Gasteiger partial charge in [-0.15, -0.1) is 0 Å². The number of nitro groups is 1. The van der Waals surface area contributed by atoms with E-state index in [1.54, 1.807) is 20.8 Å². The minimum Gasteiger partial charge on any atom is -0.444 e. The van der Waals surface area contributed by atoms with E-state index in [1.807, 2.05) is 0 Å². The molecule has 9 nitrogen and oxygen atoms in total. The number of benzene rings is 1. The summed E-state index contributed by atoms with van der Waals surface area (Å²) in [4.78, 5) is 24.0. The minimum absolute atomic E-state index is 0.140. The molecule has 0 N–H and O–H groups in total. The van der Waals surface area contributed by atoms with Crippen LogP contribution in [0.2, 0.25) is 0 Å². The second-order valence-corrected chi connectivity index (χ2v) is 9.70. The van der Waals surface area contributed by atoms with Crippen molar-refractivity contribution in [2.45, 2.75) is 43.7 Å². The third-order valence-electron chi connectivity index (χ3n) is 4.81. The number of piperidine rings is 1. The predicted octanol–water partition coefficient (Wildman–Crippen LogP) is 2.22. The molecule has 2 aliphatic heterocycles. The SMILES string of the molecule is CC(C)(C)OC(=O)N1CC[C@H]2CN(S(=O)(=O)c3ccccc3[N+](=O)[O-])[C@@H]2C1. The van der Waals surface area contributed by atoms with Crippen LogP contribution in [0.15, 0.2) is 29.2 Å². The molecule has 2 aliphatic rings. The maximum atomic E-state index is 13.0. The fourth-order valence-corrected chi connectivity index (χ4v) is 5.36. The maximum Gasteiger partial charge on any atom is 0.410 e. The first kappa shape index (κ1) is 19.6. The van der Waals surface area contributed by atoms with Crippen molar-refractivity contribution in [3.05, 3.63) is 34.4 Å². The standard InChI is InChI=1S/C17H23N3O6S/c1-17(2,3)26-16(21)18-9-8-12-10-19(14(12)11-18)27(24,25)15-7-5-4-6-13(15)20(22)23/h4-7,12,14H,8-11H2,1-3H3/t12-,14+/m0/s1. The van der Waals surface area contributed by atoms with Crippen molar-refractivity contribution in [3.8, 4) is 0 Å². The number of para-hydroxylation sites is 1. The summed E-state index contributed by atoms with van der Waals surface area (Å²) in [5.41, 5.74) is -1.08. The van der Waals surface area contributed by atoms with Crippen LogP contribution >= 0.6 is 0 Å². The van der Waals surface area contributed by atoms with Gasteiger partial charge in [0.1, 0.15) is 5.60 Å². The van der Waals surface area contributed by atoms with Gasteiger partial charge in [0, 0.05) is 31.7 Å². The Morgan fingerprint density at radius 1 is 1.26 bits per heavy atom. The minimum atomic E-state index is -4.02. The Labute approximate surface area is 158 Å². The highest BCUT2D eigenvalue weighted by Crippen LogP contribution is 2.39. The summed E-state index contributed by atoms with van der Waals surface area (Å²) in [5.74, 6) is 0.140. The number of fused-ring (bicyclic) bond motifs is 1. The van der Waals surface area contributed by atoms with Crippen molar-refractivity contribution in [1.29, 1.82) is 0 Å². The number of sulfonamides is 1. The van der Waals surface area contributed by atoms with Gasteiger partial charge in [-0.25, -0.2) is 13.2 Å². The molecule has 1 amide bonds. The zero-order valence-electron chi connectivity index (χ0n) is 15.5. The first-order chi connectivity index (χ1) is 12.5. The number of likely N-dealkylation sites (tertiary alicyclic amines) is 1. The smallest absolute Gasteiger partial charge is 0.410 e.